The first-order valence-corrected chi connectivity index (χ1v) is 10.7. The van der Waals surface area contributed by atoms with Crippen LogP contribution < -0.4 is 5.32 Å². The Balaban J connectivity index is 2.12. The highest BCUT2D eigenvalue weighted by Gasteiger charge is 2.50. The molecule has 150 valence electrons. The van der Waals surface area contributed by atoms with Crippen LogP contribution in [0.3, 0.4) is 0 Å². The molecular formula is C20H20ClF2NO3S. The summed E-state index contributed by atoms with van der Waals surface area (Å²) in [5.74, 6) is -1.68. The summed E-state index contributed by atoms with van der Waals surface area (Å²) in [4.78, 5) is 11.3. The van der Waals surface area contributed by atoms with Crippen molar-refractivity contribution in [1.82, 2.24) is 5.32 Å². The molecule has 8 heteroatoms. The molecule has 1 N–H and O–H groups in total. The lowest BCUT2D eigenvalue weighted by molar-refractivity contribution is -0.119. The predicted octanol–water partition coefficient (Wildman–Crippen LogP) is 4.37. The zero-order chi connectivity index (χ0) is 20.5. The third-order valence-electron chi connectivity index (χ3n) is 5.26. The SMILES string of the molecule is CC(=O)NC1CCC(c2cc(F)ccc2F)(S(=O)(=O)c2ccc(Cl)cc2)CC1. The van der Waals surface area contributed by atoms with Gasteiger partial charge in [-0.1, -0.05) is 11.6 Å². The maximum absolute atomic E-state index is 14.7. The van der Waals surface area contributed by atoms with Gasteiger partial charge in [-0.25, -0.2) is 17.2 Å². The van der Waals surface area contributed by atoms with E-state index in [-0.39, 0.29) is 35.2 Å². The van der Waals surface area contributed by atoms with Crippen LogP contribution in [0.25, 0.3) is 0 Å². The highest BCUT2D eigenvalue weighted by molar-refractivity contribution is 7.92. The molecule has 0 atom stereocenters. The number of amides is 1. The standard InChI is InChI=1S/C20H20ClF2NO3S/c1-13(25)24-16-8-10-20(11-9-16,18-12-15(22)4-7-19(18)23)28(26,27)17-5-2-14(21)3-6-17/h2-7,12,16H,8-11H2,1H3,(H,24,25). The average Bonchev–Trinajstić information content (AvgIpc) is 2.64. The molecule has 0 spiro atoms. The van der Waals surface area contributed by atoms with Crippen LogP contribution >= 0.6 is 11.6 Å². The third kappa shape index (κ3) is 3.78. The van der Waals surface area contributed by atoms with Crippen molar-refractivity contribution in [2.75, 3.05) is 0 Å². The van der Waals surface area contributed by atoms with Crippen LogP contribution in [0.1, 0.15) is 38.2 Å². The molecule has 0 radical (unpaired) electrons. The van der Waals surface area contributed by atoms with Gasteiger partial charge in [0, 0.05) is 23.6 Å². The summed E-state index contributed by atoms with van der Waals surface area (Å²) in [6.45, 7) is 1.39. The Morgan fingerprint density at radius 2 is 1.71 bits per heavy atom. The Kier molecular flexibility index (Phi) is 5.77. The van der Waals surface area contributed by atoms with Crippen molar-refractivity contribution in [2.24, 2.45) is 0 Å². The Morgan fingerprint density at radius 3 is 2.29 bits per heavy atom. The Hall–Kier alpha value is -1.99. The molecule has 0 unspecified atom stereocenters. The van der Waals surface area contributed by atoms with E-state index in [9.17, 15) is 22.0 Å². The summed E-state index contributed by atoms with van der Waals surface area (Å²) < 4.78 is 54.2. The number of carbonyl (C=O) groups excluding carboxylic acids is 1. The van der Waals surface area contributed by atoms with Gasteiger partial charge in [0.2, 0.25) is 5.91 Å². The minimum atomic E-state index is -4.06. The number of halogens is 3. The molecule has 0 bridgehead atoms. The van der Waals surface area contributed by atoms with E-state index in [4.69, 9.17) is 11.6 Å². The van der Waals surface area contributed by atoms with Crippen molar-refractivity contribution >= 4 is 27.3 Å². The van der Waals surface area contributed by atoms with Gasteiger partial charge >= 0.3 is 0 Å². The second-order valence-electron chi connectivity index (χ2n) is 7.05. The number of hydrogen-bond donors (Lipinski definition) is 1. The van der Waals surface area contributed by atoms with Crippen molar-refractivity contribution in [3.63, 3.8) is 0 Å². The number of nitrogens with one attached hydrogen (secondary N) is 1. The summed E-state index contributed by atoms with van der Waals surface area (Å²) in [5.41, 5.74) is -0.177. The van der Waals surface area contributed by atoms with Gasteiger partial charge in [-0.05, 0) is 68.1 Å². The molecule has 1 fully saturated rings. The lowest BCUT2D eigenvalue weighted by Gasteiger charge is -2.40. The van der Waals surface area contributed by atoms with Gasteiger partial charge in [-0.15, -0.1) is 0 Å². The smallest absolute Gasteiger partial charge is 0.217 e. The van der Waals surface area contributed by atoms with Crippen molar-refractivity contribution in [3.05, 3.63) is 64.7 Å². The number of hydrogen-bond acceptors (Lipinski definition) is 3. The topological polar surface area (TPSA) is 63.2 Å². The molecule has 28 heavy (non-hydrogen) atoms. The fourth-order valence-corrected chi connectivity index (χ4v) is 6.18. The molecule has 2 aromatic rings. The van der Waals surface area contributed by atoms with E-state index in [1.54, 1.807) is 0 Å². The first-order chi connectivity index (χ1) is 13.2. The highest BCUT2D eigenvalue weighted by Crippen LogP contribution is 2.48. The second-order valence-corrected chi connectivity index (χ2v) is 9.75. The normalized spacial score (nSPS) is 22.6. The number of rotatable bonds is 4. The summed E-state index contributed by atoms with van der Waals surface area (Å²) in [7, 11) is -4.06. The van der Waals surface area contributed by atoms with Crippen molar-refractivity contribution < 1.29 is 22.0 Å². The largest absolute Gasteiger partial charge is 0.354 e. The minimum absolute atomic E-state index is 0.00135. The van der Waals surface area contributed by atoms with Crippen LogP contribution in [0.4, 0.5) is 8.78 Å². The Labute approximate surface area is 167 Å². The quantitative estimate of drug-likeness (QED) is 0.788. The second kappa shape index (κ2) is 7.79. The maximum atomic E-state index is 14.7. The molecule has 0 heterocycles. The van der Waals surface area contributed by atoms with E-state index in [1.807, 2.05) is 0 Å². The van der Waals surface area contributed by atoms with Gasteiger partial charge in [-0.3, -0.25) is 4.79 Å². The van der Waals surface area contributed by atoms with Crippen LogP contribution in [0.15, 0.2) is 47.4 Å². The van der Waals surface area contributed by atoms with Gasteiger partial charge in [0.25, 0.3) is 0 Å². The molecule has 0 saturated heterocycles. The summed E-state index contributed by atoms with van der Waals surface area (Å²) in [6.07, 6.45) is 0.789. The first kappa shape index (κ1) is 20.7. The van der Waals surface area contributed by atoms with Crippen LogP contribution in [0.2, 0.25) is 5.02 Å². The fourth-order valence-electron chi connectivity index (χ4n) is 3.88. The highest BCUT2D eigenvalue weighted by atomic mass is 35.5. The van der Waals surface area contributed by atoms with Gasteiger partial charge < -0.3 is 5.32 Å². The van der Waals surface area contributed by atoms with E-state index < -0.39 is 26.2 Å². The van der Waals surface area contributed by atoms with E-state index in [0.717, 1.165) is 18.2 Å². The third-order valence-corrected chi connectivity index (χ3v) is 8.06. The Bertz CT molecular complexity index is 985. The van der Waals surface area contributed by atoms with Gasteiger partial charge in [-0.2, -0.15) is 0 Å². The monoisotopic (exact) mass is 427 g/mol. The summed E-state index contributed by atoms with van der Waals surface area (Å²) in [6, 6.07) is 8.31. The molecule has 0 aromatic heterocycles. The molecular weight excluding hydrogens is 408 g/mol. The van der Waals surface area contributed by atoms with Crippen LogP contribution in [0, 0.1) is 11.6 Å². The molecule has 1 amide bonds. The zero-order valence-electron chi connectivity index (χ0n) is 15.2. The van der Waals surface area contributed by atoms with Gasteiger partial charge in [0.15, 0.2) is 9.84 Å². The zero-order valence-corrected chi connectivity index (χ0v) is 16.8. The molecule has 1 aliphatic rings. The number of sulfone groups is 1. The average molecular weight is 428 g/mol. The minimum Gasteiger partial charge on any atom is -0.354 e. The first-order valence-electron chi connectivity index (χ1n) is 8.88. The number of carbonyl (C=O) groups is 1. The summed E-state index contributed by atoms with van der Waals surface area (Å²) >= 11 is 5.87. The van der Waals surface area contributed by atoms with Gasteiger partial charge in [0.05, 0.1) is 4.90 Å². The molecule has 3 rings (SSSR count). The molecule has 1 aliphatic carbocycles. The van der Waals surface area contributed by atoms with Crippen LogP contribution in [-0.2, 0) is 19.4 Å². The van der Waals surface area contributed by atoms with E-state index in [0.29, 0.717) is 17.9 Å². The lowest BCUT2D eigenvalue weighted by Crippen LogP contribution is -2.45. The van der Waals surface area contributed by atoms with E-state index in [2.05, 4.69) is 5.32 Å². The molecule has 4 nitrogen and oxygen atoms in total. The predicted molar refractivity (Wildman–Crippen MR) is 103 cm³/mol. The van der Waals surface area contributed by atoms with Crippen molar-refractivity contribution in [2.45, 2.75) is 48.3 Å². The van der Waals surface area contributed by atoms with Crippen LogP contribution in [0.5, 0.6) is 0 Å². The Morgan fingerprint density at radius 1 is 1.11 bits per heavy atom. The molecule has 2 aromatic carbocycles. The molecule has 0 aliphatic heterocycles. The summed E-state index contributed by atoms with van der Waals surface area (Å²) in [5, 5.41) is 3.15. The van der Waals surface area contributed by atoms with E-state index >= 15 is 0 Å². The number of benzene rings is 2. The van der Waals surface area contributed by atoms with Crippen LogP contribution in [-0.4, -0.2) is 20.4 Å². The molecule has 1 saturated carbocycles. The van der Waals surface area contributed by atoms with Crippen molar-refractivity contribution in [1.29, 1.82) is 0 Å². The van der Waals surface area contributed by atoms with Gasteiger partial charge in [0.1, 0.15) is 16.4 Å². The maximum Gasteiger partial charge on any atom is 0.217 e. The van der Waals surface area contributed by atoms with E-state index in [1.165, 1.54) is 31.2 Å². The van der Waals surface area contributed by atoms with Crippen molar-refractivity contribution in [3.8, 4) is 0 Å². The lowest BCUT2D eigenvalue weighted by atomic mass is 9.80. The fraction of sp³-hybridized carbons (Fsp3) is 0.350.